The van der Waals surface area contributed by atoms with Crippen molar-refractivity contribution in [1.82, 2.24) is 19.9 Å². The van der Waals surface area contributed by atoms with Crippen molar-refractivity contribution < 1.29 is 32.9 Å². The molecule has 1 amide bonds. The van der Waals surface area contributed by atoms with Gasteiger partial charge in [0.15, 0.2) is 11.6 Å². The molecule has 5 rings (SSSR count). The minimum Gasteiger partial charge on any atom is -0.487 e. The Morgan fingerprint density at radius 3 is 2.61 bits per heavy atom. The number of thiazole rings is 1. The highest BCUT2D eigenvalue weighted by molar-refractivity contribution is 7.21. The minimum absolute atomic E-state index is 0.0899. The van der Waals surface area contributed by atoms with E-state index in [-0.39, 0.29) is 35.2 Å². The van der Waals surface area contributed by atoms with E-state index in [9.17, 15) is 9.59 Å². The van der Waals surface area contributed by atoms with E-state index in [0.717, 1.165) is 11.1 Å². The van der Waals surface area contributed by atoms with Gasteiger partial charge >= 0.3 is 12.1 Å². The fourth-order valence-electron chi connectivity index (χ4n) is 3.84. The molecule has 2 aromatic carbocycles. The van der Waals surface area contributed by atoms with Gasteiger partial charge in [-0.3, -0.25) is 5.32 Å². The number of amides is 1. The van der Waals surface area contributed by atoms with Gasteiger partial charge in [0.1, 0.15) is 34.5 Å². The van der Waals surface area contributed by atoms with E-state index in [4.69, 9.17) is 25.8 Å². The first kappa shape index (κ1) is 27.9. The summed E-state index contributed by atoms with van der Waals surface area (Å²) in [4.78, 5) is 40.9. The van der Waals surface area contributed by atoms with E-state index in [2.05, 4.69) is 30.0 Å². The molecule has 0 bridgehead atoms. The zero-order valence-corrected chi connectivity index (χ0v) is 23.4. The Bertz CT molecular complexity index is 1780. The molecule has 3 heterocycles. The van der Waals surface area contributed by atoms with Gasteiger partial charge in [-0.2, -0.15) is 0 Å². The van der Waals surface area contributed by atoms with Crippen molar-refractivity contribution in [3.8, 4) is 22.2 Å². The Labute approximate surface area is 241 Å². The molecular weight excluding hydrogens is 577 g/mol. The van der Waals surface area contributed by atoms with Crippen LogP contribution in [0.25, 0.3) is 31.8 Å². The molecule has 0 saturated heterocycles. The maximum Gasteiger partial charge on any atom is 0.411 e. The molecule has 11 nitrogen and oxygen atoms in total. The van der Waals surface area contributed by atoms with Crippen LogP contribution in [0.2, 0.25) is 5.02 Å². The highest BCUT2D eigenvalue weighted by Crippen LogP contribution is 2.40. The van der Waals surface area contributed by atoms with Gasteiger partial charge in [0.05, 0.1) is 48.0 Å². The average molecular weight is 598 g/mol. The number of fused-ring (bicyclic) bond motifs is 2. The fraction of sp³-hybridized carbons (Fsp3) is 0.185. The summed E-state index contributed by atoms with van der Waals surface area (Å²) in [5, 5.41) is 2.86. The van der Waals surface area contributed by atoms with Crippen molar-refractivity contribution >= 4 is 61.9 Å². The third-order valence-corrected chi connectivity index (χ3v) is 7.10. The molecule has 41 heavy (non-hydrogen) atoms. The largest absolute Gasteiger partial charge is 0.487 e. The Hall–Kier alpha value is -4.62. The summed E-state index contributed by atoms with van der Waals surface area (Å²) in [6.45, 7) is 1.60. The molecule has 3 aromatic heterocycles. The molecular formula is C27H21ClFN5O6S. The van der Waals surface area contributed by atoms with Crippen LogP contribution in [0.3, 0.4) is 0 Å². The molecule has 0 atom stereocenters. The lowest BCUT2D eigenvalue weighted by atomic mass is 10.1. The number of carbonyl (C=O) groups excluding carboxylic acids is 2. The molecule has 210 valence electrons. The second-order valence-corrected chi connectivity index (χ2v) is 9.90. The average Bonchev–Trinajstić information content (AvgIpc) is 3.41. The quantitative estimate of drug-likeness (QED) is 0.172. The monoisotopic (exact) mass is 597 g/mol. The van der Waals surface area contributed by atoms with Crippen LogP contribution in [-0.4, -0.2) is 59.4 Å². The third kappa shape index (κ3) is 5.95. The lowest BCUT2D eigenvalue weighted by molar-refractivity contribution is 0.0594. The molecule has 0 aliphatic heterocycles. The van der Waals surface area contributed by atoms with Crippen LogP contribution in [0.15, 0.2) is 42.7 Å². The van der Waals surface area contributed by atoms with Crippen molar-refractivity contribution in [2.45, 2.75) is 6.92 Å². The summed E-state index contributed by atoms with van der Waals surface area (Å²) in [6.07, 6.45) is 2.02. The maximum absolute atomic E-state index is 15.0. The molecule has 0 saturated carbocycles. The number of carbonyl (C=O) groups is 2. The first-order valence-electron chi connectivity index (χ1n) is 12.0. The van der Waals surface area contributed by atoms with Crippen molar-refractivity contribution in [1.29, 1.82) is 0 Å². The number of nitrogens with zero attached hydrogens (tertiary/aromatic N) is 4. The zero-order chi connectivity index (χ0) is 29.1. The number of methoxy groups -OCH3 is 2. The molecule has 0 spiro atoms. The van der Waals surface area contributed by atoms with Gasteiger partial charge in [0.25, 0.3) is 0 Å². The number of esters is 1. The molecule has 1 N–H and O–H groups in total. The van der Waals surface area contributed by atoms with Gasteiger partial charge in [0.2, 0.25) is 5.88 Å². The number of pyridine rings is 1. The number of ether oxygens (including phenoxy) is 4. The van der Waals surface area contributed by atoms with Crippen LogP contribution in [0.4, 0.5) is 14.9 Å². The van der Waals surface area contributed by atoms with Gasteiger partial charge in [-0.05, 0) is 36.8 Å². The van der Waals surface area contributed by atoms with Crippen molar-refractivity contribution in [2.24, 2.45) is 0 Å². The number of hydrogen-bond acceptors (Lipinski definition) is 11. The summed E-state index contributed by atoms with van der Waals surface area (Å²) in [5.41, 5.74) is 3.60. The number of rotatable bonds is 8. The van der Waals surface area contributed by atoms with E-state index in [1.165, 1.54) is 56.1 Å². The molecule has 14 heteroatoms. The fourth-order valence-corrected chi connectivity index (χ4v) is 5.16. The van der Waals surface area contributed by atoms with Crippen LogP contribution >= 0.6 is 22.9 Å². The second kappa shape index (κ2) is 11.9. The zero-order valence-electron chi connectivity index (χ0n) is 21.9. The number of aromatic nitrogens is 4. The first-order chi connectivity index (χ1) is 19.8. The van der Waals surface area contributed by atoms with E-state index in [1.54, 1.807) is 0 Å². The van der Waals surface area contributed by atoms with Crippen LogP contribution in [0.5, 0.6) is 11.6 Å². The molecule has 0 aliphatic carbocycles. The van der Waals surface area contributed by atoms with Gasteiger partial charge in [-0.1, -0.05) is 11.6 Å². The van der Waals surface area contributed by atoms with Gasteiger partial charge < -0.3 is 18.9 Å². The summed E-state index contributed by atoms with van der Waals surface area (Å²) < 4.78 is 36.0. The number of benzene rings is 2. The van der Waals surface area contributed by atoms with Crippen LogP contribution in [-0.2, 0) is 9.47 Å². The Kier molecular flexibility index (Phi) is 8.08. The molecule has 0 fully saturated rings. The number of hydrogen-bond donors (Lipinski definition) is 1. The number of nitrogens with one attached hydrogen (secondary N) is 1. The molecule has 0 radical (unpaired) electrons. The van der Waals surface area contributed by atoms with Gasteiger partial charge in [-0.15, -0.1) is 11.3 Å². The van der Waals surface area contributed by atoms with Crippen LogP contribution in [0, 0.1) is 12.7 Å². The summed E-state index contributed by atoms with van der Waals surface area (Å²) >= 11 is 7.63. The van der Waals surface area contributed by atoms with Crippen molar-refractivity contribution in [3.63, 3.8) is 0 Å². The summed E-state index contributed by atoms with van der Waals surface area (Å²) in [6, 6.07) is 8.17. The highest BCUT2D eigenvalue weighted by atomic mass is 35.5. The van der Waals surface area contributed by atoms with E-state index in [1.807, 2.05) is 19.1 Å². The topological polar surface area (TPSA) is 135 Å². The number of aryl methyl sites for hydroxylation is 1. The maximum atomic E-state index is 15.0. The van der Waals surface area contributed by atoms with E-state index in [0.29, 0.717) is 32.3 Å². The summed E-state index contributed by atoms with van der Waals surface area (Å²) in [7, 11) is 2.76. The predicted molar refractivity (Wildman–Crippen MR) is 150 cm³/mol. The highest BCUT2D eigenvalue weighted by Gasteiger charge is 2.20. The van der Waals surface area contributed by atoms with Crippen LogP contribution < -0.4 is 14.8 Å². The lowest BCUT2D eigenvalue weighted by Gasteiger charge is -2.10. The standard InChI is InChI=1S/C27H21ClFN5O6S/c1-13-8-15(23-17(9-13)33-20(37-2)12-31-23)25-34-24-19(41-25)10-18(22(29)21(24)28)39-6-7-40-27(36)32-14-4-5-16(30-11-14)26(35)38-3/h4-5,8-12H,6-7H2,1-3H3,(H,32,36). The SMILES string of the molecule is COC(=O)c1ccc(NC(=O)OCCOc2cc3sc(-c4cc(C)cc5nc(OC)cnc45)nc3c(Cl)c2F)cn1. The van der Waals surface area contributed by atoms with E-state index >= 15 is 4.39 Å². The Morgan fingerprint density at radius 1 is 1.05 bits per heavy atom. The first-order valence-corrected chi connectivity index (χ1v) is 13.2. The third-order valence-electron chi connectivity index (χ3n) is 5.72. The van der Waals surface area contributed by atoms with Gasteiger partial charge in [0, 0.05) is 11.6 Å². The number of anilines is 1. The molecule has 0 unspecified atom stereocenters. The van der Waals surface area contributed by atoms with Crippen molar-refractivity contribution in [2.75, 3.05) is 32.8 Å². The minimum atomic E-state index is -0.784. The van der Waals surface area contributed by atoms with Crippen LogP contribution in [0.1, 0.15) is 16.1 Å². The summed E-state index contributed by atoms with van der Waals surface area (Å²) in [5.74, 6) is -1.10. The molecule has 5 aromatic rings. The normalized spacial score (nSPS) is 11.0. The predicted octanol–water partition coefficient (Wildman–Crippen LogP) is 5.83. The number of halogens is 2. The molecule has 0 aliphatic rings. The Morgan fingerprint density at radius 2 is 1.88 bits per heavy atom. The Balaban J connectivity index is 1.27. The lowest BCUT2D eigenvalue weighted by Crippen LogP contribution is -2.18. The van der Waals surface area contributed by atoms with E-state index < -0.39 is 17.9 Å². The smallest absolute Gasteiger partial charge is 0.411 e. The van der Waals surface area contributed by atoms with Gasteiger partial charge in [-0.25, -0.2) is 33.9 Å². The second-order valence-electron chi connectivity index (χ2n) is 8.49. The van der Waals surface area contributed by atoms with Crippen molar-refractivity contribution in [3.05, 3.63) is 64.8 Å².